The van der Waals surface area contributed by atoms with E-state index in [1.165, 1.54) is 6.33 Å². The first-order chi connectivity index (χ1) is 8.50. The first-order valence-electron chi connectivity index (χ1n) is 4.95. The van der Waals surface area contributed by atoms with Gasteiger partial charge < -0.3 is 10.3 Å². The molecule has 2 rings (SSSR count). The van der Waals surface area contributed by atoms with E-state index in [1.54, 1.807) is 6.07 Å². The number of benzene rings is 1. The third-order valence-corrected chi connectivity index (χ3v) is 3.86. The van der Waals surface area contributed by atoms with Crippen LogP contribution in [0.15, 0.2) is 27.7 Å². The Morgan fingerprint density at radius 3 is 2.83 bits per heavy atom. The normalized spacial score (nSPS) is 10.4. The van der Waals surface area contributed by atoms with E-state index < -0.39 is 0 Å². The van der Waals surface area contributed by atoms with E-state index in [0.29, 0.717) is 26.0 Å². The largest absolute Gasteiger partial charge is 0.337 e. The van der Waals surface area contributed by atoms with Gasteiger partial charge in [-0.3, -0.25) is 4.79 Å². The van der Waals surface area contributed by atoms with Crippen molar-refractivity contribution in [3.05, 3.63) is 48.9 Å². The third kappa shape index (κ3) is 2.53. The van der Waals surface area contributed by atoms with Gasteiger partial charge in [0.05, 0.1) is 22.1 Å². The van der Waals surface area contributed by atoms with Crippen LogP contribution in [0.3, 0.4) is 0 Å². The summed E-state index contributed by atoms with van der Waals surface area (Å²) in [6.07, 6.45) is 1.30. The molecule has 0 unspecified atom stereocenters. The van der Waals surface area contributed by atoms with E-state index in [0.717, 1.165) is 5.56 Å². The quantitative estimate of drug-likeness (QED) is 0.865. The number of nitrogens with one attached hydrogen (secondary N) is 2. The van der Waals surface area contributed by atoms with Gasteiger partial charge >= 0.3 is 0 Å². The van der Waals surface area contributed by atoms with Crippen molar-refractivity contribution >= 4 is 50.6 Å². The highest BCUT2D eigenvalue weighted by Crippen LogP contribution is 2.35. The van der Waals surface area contributed by atoms with Crippen LogP contribution in [-0.4, -0.2) is 9.97 Å². The fraction of sp³-hybridized carbons (Fsp3) is 0.0909. The maximum absolute atomic E-state index is 11.4. The monoisotopic (exact) mass is 347 g/mol. The predicted octanol–water partition coefficient (Wildman–Crippen LogP) is 3.89. The second kappa shape index (κ2) is 5.30. The first-order valence-corrected chi connectivity index (χ1v) is 6.50. The van der Waals surface area contributed by atoms with Crippen molar-refractivity contribution in [2.75, 3.05) is 5.32 Å². The molecule has 1 aromatic carbocycles. The van der Waals surface area contributed by atoms with Gasteiger partial charge in [-0.1, -0.05) is 29.3 Å². The third-order valence-electron chi connectivity index (χ3n) is 2.32. The molecule has 0 saturated carbocycles. The minimum Gasteiger partial charge on any atom is -0.337 e. The zero-order valence-electron chi connectivity index (χ0n) is 9.22. The Hall–Kier alpha value is -1.04. The predicted molar refractivity (Wildman–Crippen MR) is 77.0 cm³/mol. The number of nitrogens with zero attached hydrogens (tertiary/aromatic N) is 1. The molecule has 18 heavy (non-hydrogen) atoms. The molecular weight excluding hydrogens is 341 g/mol. The molecule has 0 atom stereocenters. The van der Waals surface area contributed by atoms with Gasteiger partial charge in [-0.25, -0.2) is 4.98 Å². The Kier molecular flexibility index (Phi) is 3.94. The van der Waals surface area contributed by atoms with Crippen molar-refractivity contribution in [1.29, 1.82) is 0 Å². The van der Waals surface area contributed by atoms with Gasteiger partial charge in [0.15, 0.2) is 5.82 Å². The molecule has 2 aromatic rings. The van der Waals surface area contributed by atoms with Crippen molar-refractivity contribution in [3.8, 4) is 0 Å². The van der Waals surface area contributed by atoms with Gasteiger partial charge in [-0.15, -0.1) is 0 Å². The molecule has 1 aromatic heterocycles. The van der Waals surface area contributed by atoms with Crippen molar-refractivity contribution < 1.29 is 0 Å². The first kappa shape index (κ1) is 13.4. The molecule has 7 heteroatoms. The fourth-order valence-electron chi connectivity index (χ4n) is 1.36. The van der Waals surface area contributed by atoms with Crippen molar-refractivity contribution in [2.45, 2.75) is 6.92 Å². The molecule has 1 heterocycles. The number of aryl methyl sites for hydroxylation is 1. The van der Waals surface area contributed by atoms with Crippen molar-refractivity contribution in [3.63, 3.8) is 0 Å². The molecule has 0 bridgehead atoms. The summed E-state index contributed by atoms with van der Waals surface area (Å²) < 4.78 is 0.290. The fourth-order valence-corrected chi connectivity index (χ4v) is 2.14. The lowest BCUT2D eigenvalue weighted by Crippen LogP contribution is -2.10. The molecular formula is C11H8BrCl2N3O. The zero-order chi connectivity index (χ0) is 13.3. The average Bonchev–Trinajstić information content (AvgIpc) is 2.35. The SMILES string of the molecule is Cc1ccc(Cl)c(Nc2nc[nH]c(=O)c2Br)c1Cl. The highest BCUT2D eigenvalue weighted by molar-refractivity contribution is 9.10. The van der Waals surface area contributed by atoms with E-state index >= 15 is 0 Å². The maximum atomic E-state index is 11.4. The van der Waals surface area contributed by atoms with Crippen molar-refractivity contribution in [2.24, 2.45) is 0 Å². The second-order valence-corrected chi connectivity index (χ2v) is 5.15. The Balaban J connectivity index is 2.50. The number of hydrogen-bond donors (Lipinski definition) is 2. The number of anilines is 2. The molecule has 2 N–H and O–H groups in total. The Labute approximate surface area is 121 Å². The average molecular weight is 349 g/mol. The summed E-state index contributed by atoms with van der Waals surface area (Å²) >= 11 is 15.4. The van der Waals surface area contributed by atoms with E-state index in [1.807, 2.05) is 13.0 Å². The zero-order valence-corrected chi connectivity index (χ0v) is 12.3. The van der Waals surface area contributed by atoms with Gasteiger partial charge in [-0.2, -0.15) is 0 Å². The Morgan fingerprint density at radius 1 is 1.39 bits per heavy atom. The number of hydrogen-bond acceptors (Lipinski definition) is 3. The van der Waals surface area contributed by atoms with E-state index in [9.17, 15) is 4.79 Å². The lowest BCUT2D eigenvalue weighted by Gasteiger charge is -2.12. The van der Waals surface area contributed by atoms with Gasteiger partial charge in [0.25, 0.3) is 5.56 Å². The summed E-state index contributed by atoms with van der Waals surface area (Å²) in [4.78, 5) is 17.9. The Bertz CT molecular complexity index is 657. The van der Waals surface area contributed by atoms with Gasteiger partial charge in [-0.05, 0) is 34.5 Å². The molecule has 4 nitrogen and oxygen atoms in total. The topological polar surface area (TPSA) is 57.8 Å². The molecule has 0 aliphatic carbocycles. The summed E-state index contributed by atoms with van der Waals surface area (Å²) in [7, 11) is 0. The van der Waals surface area contributed by atoms with Crippen LogP contribution in [0, 0.1) is 6.92 Å². The smallest absolute Gasteiger partial charge is 0.267 e. The summed E-state index contributed by atoms with van der Waals surface area (Å²) in [6, 6.07) is 3.54. The standard InChI is InChI=1S/C11H8BrCl2N3O/c1-5-2-3-6(13)9(8(5)14)17-10-7(12)11(18)16-4-15-10/h2-4H,1H3,(H2,15,16,17,18). The molecule has 0 spiro atoms. The molecule has 0 aliphatic rings. The number of halogens is 3. The van der Waals surface area contributed by atoms with E-state index in [-0.39, 0.29) is 5.56 Å². The van der Waals surface area contributed by atoms with Crippen molar-refractivity contribution in [1.82, 2.24) is 9.97 Å². The summed E-state index contributed by atoms with van der Waals surface area (Å²) in [5, 5.41) is 3.90. The second-order valence-electron chi connectivity index (χ2n) is 3.57. The van der Waals surface area contributed by atoms with Crippen LogP contribution >= 0.6 is 39.1 Å². The molecule has 0 amide bonds. The van der Waals surface area contributed by atoms with Crippen LogP contribution in [0.4, 0.5) is 11.5 Å². The lowest BCUT2D eigenvalue weighted by atomic mass is 10.2. The summed E-state index contributed by atoms with van der Waals surface area (Å²) in [5.41, 5.74) is 1.12. The van der Waals surface area contributed by atoms with Gasteiger partial charge in [0.2, 0.25) is 0 Å². The molecule has 0 saturated heterocycles. The number of aromatic amines is 1. The van der Waals surface area contributed by atoms with E-state index in [2.05, 4.69) is 31.2 Å². The summed E-state index contributed by atoms with van der Waals surface area (Å²) in [6.45, 7) is 1.87. The summed E-state index contributed by atoms with van der Waals surface area (Å²) in [5.74, 6) is 0.355. The van der Waals surface area contributed by atoms with Gasteiger partial charge in [0.1, 0.15) is 4.47 Å². The number of H-pyrrole nitrogens is 1. The minimum atomic E-state index is -0.285. The Morgan fingerprint density at radius 2 is 2.11 bits per heavy atom. The highest BCUT2D eigenvalue weighted by atomic mass is 79.9. The van der Waals surface area contributed by atoms with Gasteiger partial charge in [0, 0.05) is 0 Å². The number of rotatable bonds is 2. The highest BCUT2D eigenvalue weighted by Gasteiger charge is 2.12. The van der Waals surface area contributed by atoms with Crippen LogP contribution in [0.5, 0.6) is 0 Å². The van der Waals surface area contributed by atoms with E-state index in [4.69, 9.17) is 23.2 Å². The van der Waals surface area contributed by atoms with Crippen LogP contribution < -0.4 is 10.9 Å². The molecule has 0 aliphatic heterocycles. The molecule has 0 fully saturated rings. The molecule has 0 radical (unpaired) electrons. The molecule has 94 valence electrons. The lowest BCUT2D eigenvalue weighted by molar-refractivity contribution is 1.10. The van der Waals surface area contributed by atoms with Crippen LogP contribution in [0.1, 0.15) is 5.56 Å². The minimum absolute atomic E-state index is 0.285. The van der Waals surface area contributed by atoms with Crippen LogP contribution in [0.25, 0.3) is 0 Å². The van der Waals surface area contributed by atoms with Crippen LogP contribution in [0.2, 0.25) is 10.0 Å². The maximum Gasteiger partial charge on any atom is 0.267 e. The van der Waals surface area contributed by atoms with Crippen LogP contribution in [-0.2, 0) is 0 Å². The number of aromatic nitrogens is 2.